The zero-order chi connectivity index (χ0) is 19.5. The van der Waals surface area contributed by atoms with Crippen molar-refractivity contribution < 1.29 is 9.18 Å². The van der Waals surface area contributed by atoms with E-state index in [9.17, 15) is 14.4 Å². The van der Waals surface area contributed by atoms with Gasteiger partial charge < -0.3 is 5.32 Å². The Hall–Kier alpha value is -4.05. The van der Waals surface area contributed by atoms with Crippen LogP contribution in [-0.4, -0.2) is 20.7 Å². The van der Waals surface area contributed by atoms with Crippen LogP contribution < -0.4 is 5.32 Å². The predicted octanol–water partition coefficient (Wildman–Crippen LogP) is 3.61. The van der Waals surface area contributed by atoms with Crippen LogP contribution in [0.5, 0.6) is 0 Å². The summed E-state index contributed by atoms with van der Waals surface area (Å²) in [5.74, 6) is 0.0247. The molecule has 0 fully saturated rings. The molecule has 0 radical (unpaired) electrons. The number of hydrogen-bond acceptors (Lipinski definition) is 4. The summed E-state index contributed by atoms with van der Waals surface area (Å²) in [5.41, 5.74) is 1.66. The molecule has 0 aliphatic carbocycles. The lowest BCUT2D eigenvalue weighted by Gasteiger charge is -2.10. The second kappa shape index (κ2) is 7.29. The van der Waals surface area contributed by atoms with Crippen LogP contribution in [0.4, 0.5) is 10.2 Å². The molecule has 2 aromatic carbocycles. The van der Waals surface area contributed by atoms with Crippen LogP contribution in [0.3, 0.4) is 0 Å². The molecule has 0 atom stereocenters. The third-order valence-corrected chi connectivity index (χ3v) is 4.23. The highest BCUT2D eigenvalue weighted by molar-refractivity contribution is 5.93. The van der Waals surface area contributed by atoms with Gasteiger partial charge in [-0.3, -0.25) is 4.79 Å². The Bertz CT molecular complexity index is 1210. The third-order valence-electron chi connectivity index (χ3n) is 4.23. The van der Waals surface area contributed by atoms with E-state index in [1.165, 1.54) is 23.0 Å². The van der Waals surface area contributed by atoms with Crippen molar-refractivity contribution in [1.29, 1.82) is 5.26 Å². The Balaban J connectivity index is 1.65. The Kier molecular flexibility index (Phi) is 4.52. The molecule has 0 saturated carbocycles. The minimum Gasteiger partial charge on any atom is -0.309 e. The molecular weight excluding hydrogens is 357 g/mol. The van der Waals surface area contributed by atoms with Crippen molar-refractivity contribution in [1.82, 2.24) is 14.8 Å². The molecule has 0 unspecified atom stereocenters. The number of rotatable bonds is 4. The van der Waals surface area contributed by atoms with Crippen LogP contribution in [0.25, 0.3) is 16.7 Å². The number of aromatic nitrogens is 3. The lowest BCUT2D eigenvalue weighted by atomic mass is 10.1. The van der Waals surface area contributed by atoms with Crippen LogP contribution in [0, 0.1) is 17.1 Å². The Morgan fingerprint density at radius 1 is 1.11 bits per heavy atom. The zero-order valence-corrected chi connectivity index (χ0v) is 14.6. The van der Waals surface area contributed by atoms with Gasteiger partial charge >= 0.3 is 0 Å². The van der Waals surface area contributed by atoms with Gasteiger partial charge in [-0.1, -0.05) is 30.3 Å². The largest absolute Gasteiger partial charge is 0.309 e. The van der Waals surface area contributed by atoms with Gasteiger partial charge in [0, 0.05) is 5.39 Å². The fourth-order valence-corrected chi connectivity index (χ4v) is 2.86. The van der Waals surface area contributed by atoms with Crippen LogP contribution in [-0.2, 0) is 11.2 Å². The quantitative estimate of drug-likeness (QED) is 0.594. The molecule has 28 heavy (non-hydrogen) atoms. The Morgan fingerprint density at radius 2 is 1.89 bits per heavy atom. The minimum atomic E-state index is -0.364. The molecule has 0 bridgehead atoms. The maximum Gasteiger partial charge on any atom is 0.229 e. The zero-order valence-electron chi connectivity index (χ0n) is 14.6. The third kappa shape index (κ3) is 3.44. The number of carbonyl (C=O) groups excluding carboxylic acids is 1. The maximum absolute atomic E-state index is 13.0. The summed E-state index contributed by atoms with van der Waals surface area (Å²) in [6.07, 6.45) is 1.42. The van der Waals surface area contributed by atoms with Gasteiger partial charge in [0.1, 0.15) is 17.4 Å². The van der Waals surface area contributed by atoms with E-state index < -0.39 is 0 Å². The number of nitrogens with zero attached hydrogens (tertiary/aromatic N) is 4. The molecule has 7 heteroatoms. The van der Waals surface area contributed by atoms with Crippen molar-refractivity contribution in [2.45, 2.75) is 6.42 Å². The number of anilines is 1. The summed E-state index contributed by atoms with van der Waals surface area (Å²) in [6.45, 7) is 0. The molecular formula is C21H14FN5O. The van der Waals surface area contributed by atoms with E-state index in [1.807, 2.05) is 36.4 Å². The van der Waals surface area contributed by atoms with E-state index in [4.69, 9.17) is 0 Å². The summed E-state index contributed by atoms with van der Waals surface area (Å²) >= 11 is 0. The number of hydrogen-bond donors (Lipinski definition) is 1. The van der Waals surface area contributed by atoms with Gasteiger partial charge in [-0.25, -0.2) is 9.37 Å². The molecule has 1 amide bonds. The number of fused-ring (bicyclic) bond motifs is 1. The predicted molar refractivity (Wildman–Crippen MR) is 102 cm³/mol. The average Bonchev–Trinajstić information content (AvgIpc) is 3.11. The summed E-state index contributed by atoms with van der Waals surface area (Å²) in [5, 5.41) is 17.3. The molecule has 136 valence electrons. The lowest BCUT2D eigenvalue weighted by Crippen LogP contribution is -2.18. The first-order valence-electron chi connectivity index (χ1n) is 8.52. The Labute approximate surface area is 159 Å². The van der Waals surface area contributed by atoms with E-state index in [0.29, 0.717) is 11.4 Å². The molecule has 2 aromatic heterocycles. The van der Waals surface area contributed by atoms with Crippen molar-refractivity contribution in [3.05, 3.63) is 83.8 Å². The van der Waals surface area contributed by atoms with Gasteiger partial charge in [0.05, 0.1) is 18.1 Å². The van der Waals surface area contributed by atoms with Crippen LogP contribution in [0.2, 0.25) is 0 Å². The van der Waals surface area contributed by atoms with Gasteiger partial charge in [0.25, 0.3) is 0 Å². The van der Waals surface area contributed by atoms with E-state index in [0.717, 1.165) is 10.9 Å². The van der Waals surface area contributed by atoms with Crippen molar-refractivity contribution in [2.75, 3.05) is 5.32 Å². The lowest BCUT2D eigenvalue weighted by molar-refractivity contribution is -0.115. The average molecular weight is 371 g/mol. The summed E-state index contributed by atoms with van der Waals surface area (Å²) in [4.78, 5) is 17.0. The van der Waals surface area contributed by atoms with Gasteiger partial charge in [0.15, 0.2) is 11.6 Å². The van der Waals surface area contributed by atoms with E-state index in [-0.39, 0.29) is 29.5 Å². The fraction of sp³-hybridized carbons (Fsp3) is 0.0476. The van der Waals surface area contributed by atoms with Crippen molar-refractivity contribution in [2.24, 2.45) is 0 Å². The first-order valence-corrected chi connectivity index (χ1v) is 8.52. The highest BCUT2D eigenvalue weighted by atomic mass is 19.1. The molecule has 0 aliphatic heterocycles. The SMILES string of the molecule is N#Cc1cnn(-c2ccc3ccccc3n2)c1NC(=O)Cc1ccc(F)cc1. The molecule has 0 aliphatic rings. The molecule has 4 aromatic rings. The van der Waals surface area contributed by atoms with Crippen molar-refractivity contribution in [3.8, 4) is 11.9 Å². The highest BCUT2D eigenvalue weighted by Gasteiger charge is 2.16. The number of amides is 1. The molecule has 6 nitrogen and oxygen atoms in total. The molecule has 2 heterocycles. The first kappa shape index (κ1) is 17.4. The summed E-state index contributed by atoms with van der Waals surface area (Å²) in [6, 6.07) is 19.0. The highest BCUT2D eigenvalue weighted by Crippen LogP contribution is 2.21. The normalized spacial score (nSPS) is 10.6. The molecule has 0 saturated heterocycles. The number of nitriles is 1. The number of nitrogens with one attached hydrogen (secondary N) is 1. The fourth-order valence-electron chi connectivity index (χ4n) is 2.86. The van der Waals surface area contributed by atoms with Crippen LogP contribution in [0.1, 0.15) is 11.1 Å². The molecule has 4 rings (SSSR count). The monoisotopic (exact) mass is 371 g/mol. The first-order chi connectivity index (χ1) is 13.6. The van der Waals surface area contributed by atoms with E-state index in [2.05, 4.69) is 15.4 Å². The van der Waals surface area contributed by atoms with Crippen molar-refractivity contribution >= 4 is 22.6 Å². The number of halogens is 1. The van der Waals surface area contributed by atoms with Gasteiger partial charge in [-0.05, 0) is 35.9 Å². The van der Waals surface area contributed by atoms with E-state index >= 15 is 0 Å². The standard InChI is InChI=1S/C21H14FN5O/c22-17-8-5-14(6-9-17)11-20(28)26-21-16(12-23)13-24-27(21)19-10-7-15-3-1-2-4-18(15)25-19/h1-10,13H,11H2,(H,26,28). The second-order valence-electron chi connectivity index (χ2n) is 6.14. The summed E-state index contributed by atoms with van der Waals surface area (Å²) in [7, 11) is 0. The number of carbonyl (C=O) groups is 1. The van der Waals surface area contributed by atoms with Gasteiger partial charge in [0.2, 0.25) is 5.91 Å². The van der Waals surface area contributed by atoms with Gasteiger partial charge in [-0.2, -0.15) is 15.0 Å². The topological polar surface area (TPSA) is 83.6 Å². The molecule has 1 N–H and O–H groups in total. The second-order valence-corrected chi connectivity index (χ2v) is 6.14. The smallest absolute Gasteiger partial charge is 0.229 e. The van der Waals surface area contributed by atoms with E-state index in [1.54, 1.807) is 18.2 Å². The van der Waals surface area contributed by atoms with Crippen LogP contribution in [0.15, 0.2) is 66.9 Å². The minimum absolute atomic E-state index is 0.0431. The number of benzene rings is 2. The van der Waals surface area contributed by atoms with Crippen molar-refractivity contribution in [3.63, 3.8) is 0 Å². The summed E-state index contributed by atoms with van der Waals surface area (Å²) < 4.78 is 14.4. The molecule has 0 spiro atoms. The van der Waals surface area contributed by atoms with Gasteiger partial charge in [-0.15, -0.1) is 0 Å². The number of pyridine rings is 1. The van der Waals surface area contributed by atoms with Crippen LogP contribution >= 0.6 is 0 Å². The Morgan fingerprint density at radius 3 is 2.68 bits per heavy atom. The maximum atomic E-state index is 13.0. The number of para-hydroxylation sites is 1.